The first-order valence-corrected chi connectivity index (χ1v) is 24.0. The number of Topliss-reactive ketones (excluding diaryl/α,β-unsaturated/α-hetero) is 1. The van der Waals surface area contributed by atoms with Crippen LogP contribution in [0.5, 0.6) is 0 Å². The molecule has 1 spiro atoms. The van der Waals surface area contributed by atoms with Gasteiger partial charge in [-0.1, -0.05) is 128 Å². The molecule has 4 aliphatic heterocycles. The third kappa shape index (κ3) is 8.62. The minimum Gasteiger partial charge on any atom is -0.405 e. The zero-order valence-electron chi connectivity index (χ0n) is 34.9. The van der Waals surface area contributed by atoms with Crippen molar-refractivity contribution in [3.8, 4) is 0 Å². The topological polar surface area (TPSA) is 72.5 Å². The summed E-state index contributed by atoms with van der Waals surface area (Å²) in [7, 11) is -2.80. The van der Waals surface area contributed by atoms with Gasteiger partial charge in [-0.05, 0) is 71.7 Å². The minimum absolute atomic E-state index is 0.138. The van der Waals surface area contributed by atoms with E-state index in [-0.39, 0.29) is 59.8 Å². The Morgan fingerprint density at radius 1 is 0.818 bits per heavy atom. The SMILES string of the molecule is CCC[C@@H]1OC(C[C@H](C)CC)[C@H](C)[C@H]1CC(=O)CC1CC[C@@H]2O[C@@H](CO[Si](c3ccccc3)(c3ccccc3)C(C)(C)C)C3OC4(CCCCC4)O[C@H]3[C@H]2O1. The highest BCUT2D eigenvalue weighted by Gasteiger charge is 2.60. The smallest absolute Gasteiger partial charge is 0.261 e. The Bertz CT molecular complexity index is 1480. The number of hydrogen-bond donors (Lipinski definition) is 0. The summed E-state index contributed by atoms with van der Waals surface area (Å²) in [6, 6.07) is 21.6. The highest BCUT2D eigenvalue weighted by Crippen LogP contribution is 2.48. The molecule has 2 aromatic rings. The Morgan fingerprint density at radius 2 is 1.47 bits per heavy atom. The van der Waals surface area contributed by atoms with Crippen molar-refractivity contribution in [2.75, 3.05) is 6.61 Å². The first-order valence-electron chi connectivity index (χ1n) is 22.1. The third-order valence-electron chi connectivity index (χ3n) is 14.0. The van der Waals surface area contributed by atoms with Crippen LogP contribution in [0.25, 0.3) is 0 Å². The summed E-state index contributed by atoms with van der Waals surface area (Å²) in [4.78, 5) is 13.9. The van der Waals surface area contributed by atoms with Gasteiger partial charge >= 0.3 is 0 Å². The van der Waals surface area contributed by atoms with Crippen molar-refractivity contribution >= 4 is 24.5 Å². The number of ketones is 1. The molecular weight excluding hydrogens is 705 g/mol. The van der Waals surface area contributed by atoms with Gasteiger partial charge in [-0.25, -0.2) is 0 Å². The van der Waals surface area contributed by atoms with E-state index in [0.717, 1.165) is 64.2 Å². The van der Waals surface area contributed by atoms with Gasteiger partial charge in [0.15, 0.2) is 5.79 Å². The molecule has 0 amide bonds. The molecule has 5 aliphatic rings. The summed E-state index contributed by atoms with van der Waals surface area (Å²) in [5, 5.41) is 2.36. The maximum atomic E-state index is 13.9. The number of ether oxygens (including phenoxy) is 5. The predicted molar refractivity (Wildman–Crippen MR) is 220 cm³/mol. The van der Waals surface area contributed by atoms with E-state index in [0.29, 0.717) is 37.1 Å². The van der Waals surface area contributed by atoms with Gasteiger partial charge in [0.1, 0.15) is 30.2 Å². The van der Waals surface area contributed by atoms with Gasteiger partial charge in [-0.2, -0.15) is 0 Å². The van der Waals surface area contributed by atoms with E-state index in [2.05, 4.69) is 109 Å². The average molecular weight is 775 g/mol. The molecule has 4 heterocycles. The molecule has 4 saturated heterocycles. The van der Waals surface area contributed by atoms with Crippen molar-refractivity contribution in [2.24, 2.45) is 17.8 Å². The number of hydrogen-bond acceptors (Lipinski definition) is 7. The normalized spacial score (nSPS) is 33.9. The van der Waals surface area contributed by atoms with Crippen molar-refractivity contribution in [1.82, 2.24) is 0 Å². The summed E-state index contributed by atoms with van der Waals surface area (Å²) < 4.78 is 42.2. The van der Waals surface area contributed by atoms with Crippen LogP contribution < -0.4 is 10.4 Å². The van der Waals surface area contributed by atoms with Gasteiger partial charge in [0.2, 0.25) is 0 Å². The quantitative estimate of drug-likeness (QED) is 0.178. The molecule has 1 aliphatic carbocycles. The van der Waals surface area contributed by atoms with Crippen molar-refractivity contribution in [3.05, 3.63) is 60.7 Å². The van der Waals surface area contributed by atoms with Crippen LogP contribution in [0.2, 0.25) is 5.04 Å². The van der Waals surface area contributed by atoms with Gasteiger partial charge in [0.25, 0.3) is 8.32 Å². The van der Waals surface area contributed by atoms with E-state index < -0.39 is 14.1 Å². The molecule has 7 nitrogen and oxygen atoms in total. The Morgan fingerprint density at radius 3 is 2.09 bits per heavy atom. The summed E-state index contributed by atoms with van der Waals surface area (Å²) in [5.74, 6) is 0.982. The molecule has 1 saturated carbocycles. The number of carbonyl (C=O) groups is 1. The van der Waals surface area contributed by atoms with Crippen molar-refractivity contribution in [3.63, 3.8) is 0 Å². The number of fused-ring (bicyclic) bond motifs is 3. The minimum atomic E-state index is -2.80. The number of rotatable bonds is 14. The zero-order chi connectivity index (χ0) is 38.8. The number of benzene rings is 2. The maximum Gasteiger partial charge on any atom is 0.261 e. The molecule has 3 unspecified atom stereocenters. The van der Waals surface area contributed by atoms with E-state index in [4.69, 9.17) is 28.1 Å². The van der Waals surface area contributed by atoms with Gasteiger partial charge in [0.05, 0.1) is 31.0 Å². The Kier molecular flexibility index (Phi) is 13.1. The predicted octanol–water partition coefficient (Wildman–Crippen LogP) is 8.93. The van der Waals surface area contributed by atoms with Crippen LogP contribution in [0.4, 0.5) is 0 Å². The average Bonchev–Trinajstić information content (AvgIpc) is 3.68. The van der Waals surface area contributed by atoms with Gasteiger partial charge < -0.3 is 28.1 Å². The Hall–Kier alpha value is -1.91. The molecule has 5 fully saturated rings. The highest BCUT2D eigenvalue weighted by atomic mass is 28.4. The van der Waals surface area contributed by atoms with E-state index in [1.807, 2.05) is 0 Å². The van der Waals surface area contributed by atoms with Crippen LogP contribution in [0.1, 0.15) is 132 Å². The maximum absolute atomic E-state index is 13.9. The van der Waals surface area contributed by atoms with Crippen molar-refractivity contribution in [1.29, 1.82) is 0 Å². The highest BCUT2D eigenvalue weighted by molar-refractivity contribution is 6.99. The van der Waals surface area contributed by atoms with E-state index in [1.54, 1.807) is 0 Å². The molecule has 0 radical (unpaired) electrons. The van der Waals surface area contributed by atoms with Gasteiger partial charge in [-0.3, -0.25) is 4.79 Å². The second kappa shape index (κ2) is 17.5. The standard InChI is InChI=1S/C47H70O7Si/c1-8-19-39-38(33(4)41(51-39)28-32(3)9-2)30-34(48)29-35-24-25-40-43(50-35)45-44(53-47(54-45)26-17-12-18-27-47)42(52-40)31-49-55(46(5,6)7,36-20-13-10-14-21-36)37-22-15-11-16-23-37/h10-11,13-16,20-23,32-33,35,38-45H,8-9,12,17-19,24-31H2,1-7H3/t32-,33-,35?,38-,39+,40+,41?,42+,43+,44?,45+/m1/s1. The van der Waals surface area contributed by atoms with E-state index in [1.165, 1.54) is 16.8 Å². The first-order chi connectivity index (χ1) is 26.5. The zero-order valence-corrected chi connectivity index (χ0v) is 35.9. The fraction of sp³-hybridized carbons (Fsp3) is 0.723. The molecule has 0 aromatic heterocycles. The first kappa shape index (κ1) is 41.3. The van der Waals surface area contributed by atoms with Crippen molar-refractivity contribution in [2.45, 2.75) is 192 Å². The largest absolute Gasteiger partial charge is 0.405 e. The Labute approximate surface area is 333 Å². The lowest BCUT2D eigenvalue weighted by Gasteiger charge is -2.48. The van der Waals surface area contributed by atoms with E-state index in [9.17, 15) is 4.79 Å². The third-order valence-corrected chi connectivity index (χ3v) is 19.0. The molecule has 55 heavy (non-hydrogen) atoms. The molecule has 11 atom stereocenters. The molecule has 0 bridgehead atoms. The van der Waals surface area contributed by atoms with Crippen LogP contribution in [0.15, 0.2) is 60.7 Å². The molecule has 304 valence electrons. The molecular formula is C47H70O7Si. The number of carbonyl (C=O) groups excluding carboxylic acids is 1. The Balaban J connectivity index is 1.08. The van der Waals surface area contributed by atoms with Gasteiger partial charge in [0, 0.05) is 25.7 Å². The van der Waals surface area contributed by atoms with E-state index >= 15 is 0 Å². The second-order valence-electron chi connectivity index (χ2n) is 18.8. The van der Waals surface area contributed by atoms with Crippen molar-refractivity contribution < 1.29 is 32.9 Å². The van der Waals surface area contributed by atoms with Crippen LogP contribution >= 0.6 is 0 Å². The summed E-state index contributed by atoms with van der Waals surface area (Å²) in [6.07, 6.45) is 11.1. The van der Waals surface area contributed by atoms with Crippen LogP contribution in [-0.2, 0) is 32.9 Å². The van der Waals surface area contributed by atoms with Gasteiger partial charge in [-0.15, -0.1) is 0 Å². The lowest BCUT2D eigenvalue weighted by Crippen LogP contribution is -2.68. The lowest BCUT2D eigenvalue weighted by molar-refractivity contribution is -0.243. The fourth-order valence-corrected chi connectivity index (χ4v) is 15.4. The molecule has 8 heteroatoms. The molecule has 2 aromatic carbocycles. The summed E-state index contributed by atoms with van der Waals surface area (Å²) >= 11 is 0. The molecule has 7 rings (SSSR count). The second-order valence-corrected chi connectivity index (χ2v) is 23.1. The summed E-state index contributed by atoms with van der Waals surface area (Å²) in [6.45, 7) is 16.5. The van der Waals surface area contributed by atoms with Crippen LogP contribution in [0, 0.1) is 17.8 Å². The fourth-order valence-electron chi connectivity index (χ4n) is 10.8. The monoisotopic (exact) mass is 774 g/mol. The van der Waals surface area contributed by atoms with Crippen LogP contribution in [-0.4, -0.2) is 75.3 Å². The van der Waals surface area contributed by atoms with Crippen LogP contribution in [0.3, 0.4) is 0 Å². The summed E-state index contributed by atoms with van der Waals surface area (Å²) in [5.41, 5.74) is 0. The molecule has 0 N–H and O–H groups in total. The lowest BCUT2D eigenvalue weighted by atomic mass is 9.80.